The summed E-state index contributed by atoms with van der Waals surface area (Å²) in [6.45, 7) is 1.91. The maximum absolute atomic E-state index is 13.9. The number of anilines is 1. The van der Waals surface area contributed by atoms with Gasteiger partial charge in [0, 0.05) is 5.56 Å². The Kier molecular flexibility index (Phi) is 3.94. The molecule has 5 rings (SSSR count). The Bertz CT molecular complexity index is 1140. The monoisotopic (exact) mass is 394 g/mol. The number of carbonyl (C=O) groups excluding carboxylic acids is 1. The number of fused-ring (bicyclic) bond motifs is 2. The number of aromatic nitrogens is 2. The lowest BCUT2D eigenvalue weighted by Crippen LogP contribution is -2.26. The molecule has 0 saturated carbocycles. The summed E-state index contributed by atoms with van der Waals surface area (Å²) in [7, 11) is 0. The Morgan fingerprint density at radius 3 is 3.04 bits per heavy atom. The average molecular weight is 394 g/mol. The summed E-state index contributed by atoms with van der Waals surface area (Å²) in [5.41, 5.74) is 3.84. The first-order valence-corrected chi connectivity index (χ1v) is 9.59. The smallest absolute Gasteiger partial charge is 0.262 e. The van der Waals surface area contributed by atoms with E-state index in [0.29, 0.717) is 11.4 Å². The first-order valence-electron chi connectivity index (χ1n) is 8.71. The molecule has 140 valence electrons. The summed E-state index contributed by atoms with van der Waals surface area (Å²) >= 11 is 1.52. The van der Waals surface area contributed by atoms with Crippen LogP contribution in [0, 0.1) is 12.7 Å². The van der Waals surface area contributed by atoms with Crippen LogP contribution >= 0.6 is 11.8 Å². The molecule has 1 aromatic heterocycles. The highest BCUT2D eigenvalue weighted by molar-refractivity contribution is 8.00. The number of ether oxygens (including phenoxy) is 1. The average Bonchev–Trinajstić information content (AvgIpc) is 3.05. The van der Waals surface area contributed by atoms with Crippen LogP contribution in [0.1, 0.15) is 22.1 Å². The zero-order valence-electron chi connectivity index (χ0n) is 14.8. The van der Waals surface area contributed by atoms with Crippen molar-refractivity contribution in [2.75, 3.05) is 11.9 Å². The summed E-state index contributed by atoms with van der Waals surface area (Å²) in [5, 5.41) is 8.11. The van der Waals surface area contributed by atoms with Crippen molar-refractivity contribution < 1.29 is 13.9 Å². The molecule has 0 fully saturated rings. The van der Waals surface area contributed by atoms with Crippen LogP contribution in [0.2, 0.25) is 0 Å². The summed E-state index contributed by atoms with van der Waals surface area (Å²) in [5.74, 6) is 0.126. The summed E-state index contributed by atoms with van der Waals surface area (Å²) < 4.78 is 21.1. The fourth-order valence-corrected chi connectivity index (χ4v) is 4.48. The molecule has 0 radical (unpaired) electrons. The Morgan fingerprint density at radius 1 is 1.29 bits per heavy atom. The molecule has 1 amide bonds. The Hall–Kier alpha value is -3.13. The number of amides is 1. The largest absolute Gasteiger partial charge is 0.482 e. The molecule has 1 unspecified atom stereocenters. The molecule has 2 aromatic carbocycles. The Labute approximate surface area is 164 Å². The SMILES string of the molecule is Cc1cn2c(n1)SC(c1cccc(F)c1)C(c1ccc3c(c1)NC(=O)CO3)=N2. The molecule has 0 bridgehead atoms. The molecule has 2 aliphatic rings. The number of aryl methyl sites for hydroxylation is 1. The summed E-state index contributed by atoms with van der Waals surface area (Å²) in [6.07, 6.45) is 1.85. The highest BCUT2D eigenvalue weighted by Crippen LogP contribution is 2.42. The van der Waals surface area contributed by atoms with Crippen LogP contribution in [0.4, 0.5) is 10.1 Å². The first kappa shape index (κ1) is 17.0. The first-order chi connectivity index (χ1) is 13.6. The minimum atomic E-state index is -0.298. The highest BCUT2D eigenvalue weighted by Gasteiger charge is 2.29. The standard InChI is InChI=1S/C20H15FN4O2S/c1-11-9-25-20(22-11)28-19(13-3-2-4-14(21)7-13)18(24-25)12-5-6-16-15(8-12)23-17(26)10-27-16/h2-9,19H,10H2,1H3,(H,23,26). The third-order valence-electron chi connectivity index (χ3n) is 4.52. The summed E-state index contributed by atoms with van der Waals surface area (Å²) in [4.78, 5) is 16.2. The van der Waals surface area contributed by atoms with E-state index in [1.54, 1.807) is 10.7 Å². The van der Waals surface area contributed by atoms with Gasteiger partial charge in [0.1, 0.15) is 11.6 Å². The van der Waals surface area contributed by atoms with E-state index in [2.05, 4.69) is 10.3 Å². The van der Waals surface area contributed by atoms with Crippen LogP contribution in [0.3, 0.4) is 0 Å². The third kappa shape index (κ3) is 2.95. The second-order valence-corrected chi connectivity index (χ2v) is 7.67. The van der Waals surface area contributed by atoms with Crippen LogP contribution in [-0.2, 0) is 4.79 Å². The van der Waals surface area contributed by atoms with Crippen molar-refractivity contribution >= 4 is 29.1 Å². The predicted molar refractivity (Wildman–Crippen MR) is 104 cm³/mol. The fourth-order valence-electron chi connectivity index (χ4n) is 3.29. The van der Waals surface area contributed by atoms with Gasteiger partial charge in [-0.05, 0) is 42.8 Å². The van der Waals surface area contributed by atoms with Gasteiger partial charge in [0.05, 0.1) is 28.5 Å². The minimum Gasteiger partial charge on any atom is -0.482 e. The number of hydrogen-bond donors (Lipinski definition) is 1. The van der Waals surface area contributed by atoms with Crippen molar-refractivity contribution in [3.8, 4) is 5.75 Å². The Morgan fingerprint density at radius 2 is 2.18 bits per heavy atom. The number of hydrogen-bond acceptors (Lipinski definition) is 5. The molecule has 6 nitrogen and oxygen atoms in total. The van der Waals surface area contributed by atoms with E-state index in [-0.39, 0.29) is 23.6 Å². The molecule has 28 heavy (non-hydrogen) atoms. The van der Waals surface area contributed by atoms with E-state index in [1.165, 1.54) is 23.9 Å². The van der Waals surface area contributed by atoms with E-state index >= 15 is 0 Å². The molecule has 1 N–H and O–H groups in total. The van der Waals surface area contributed by atoms with Gasteiger partial charge in [-0.2, -0.15) is 5.10 Å². The van der Waals surface area contributed by atoms with E-state index in [1.807, 2.05) is 37.4 Å². The molecular formula is C20H15FN4O2S. The highest BCUT2D eigenvalue weighted by atomic mass is 32.2. The van der Waals surface area contributed by atoms with Crippen LogP contribution in [0.15, 0.2) is 58.9 Å². The topological polar surface area (TPSA) is 68.5 Å². The van der Waals surface area contributed by atoms with Gasteiger partial charge < -0.3 is 10.1 Å². The van der Waals surface area contributed by atoms with E-state index in [0.717, 1.165) is 27.7 Å². The molecule has 8 heteroatoms. The number of nitrogens with one attached hydrogen (secondary N) is 1. The van der Waals surface area contributed by atoms with Crippen molar-refractivity contribution in [1.29, 1.82) is 0 Å². The Balaban J connectivity index is 1.64. The lowest BCUT2D eigenvalue weighted by molar-refractivity contribution is -0.118. The van der Waals surface area contributed by atoms with E-state index < -0.39 is 0 Å². The molecule has 2 aliphatic heterocycles. The van der Waals surface area contributed by atoms with Gasteiger partial charge in [0.2, 0.25) is 0 Å². The molecular weight excluding hydrogens is 379 g/mol. The molecule has 0 saturated heterocycles. The number of nitrogens with zero attached hydrogens (tertiary/aromatic N) is 3. The van der Waals surface area contributed by atoms with Crippen LogP contribution < -0.4 is 10.1 Å². The van der Waals surface area contributed by atoms with E-state index in [9.17, 15) is 9.18 Å². The lowest BCUT2D eigenvalue weighted by Gasteiger charge is -2.25. The van der Waals surface area contributed by atoms with Gasteiger partial charge in [0.25, 0.3) is 5.91 Å². The van der Waals surface area contributed by atoms with Crippen LogP contribution in [0.5, 0.6) is 5.75 Å². The van der Waals surface area contributed by atoms with Crippen LogP contribution in [-0.4, -0.2) is 27.9 Å². The van der Waals surface area contributed by atoms with E-state index in [4.69, 9.17) is 9.84 Å². The molecule has 3 aromatic rings. The second kappa shape index (κ2) is 6.49. The van der Waals surface area contributed by atoms with Crippen molar-refractivity contribution in [3.63, 3.8) is 0 Å². The maximum atomic E-state index is 13.9. The number of rotatable bonds is 2. The molecule has 3 heterocycles. The molecule has 0 spiro atoms. The van der Waals surface area contributed by atoms with Gasteiger partial charge in [0.15, 0.2) is 11.8 Å². The summed E-state index contributed by atoms with van der Waals surface area (Å²) in [6, 6.07) is 12.1. The number of thioether (sulfide) groups is 1. The van der Waals surface area contributed by atoms with Gasteiger partial charge in [-0.15, -0.1) is 0 Å². The van der Waals surface area contributed by atoms with Gasteiger partial charge in [-0.3, -0.25) is 4.79 Å². The van der Waals surface area contributed by atoms with Gasteiger partial charge in [-0.1, -0.05) is 23.9 Å². The minimum absolute atomic E-state index is 0.00668. The van der Waals surface area contributed by atoms with Crippen LogP contribution in [0.25, 0.3) is 0 Å². The predicted octanol–water partition coefficient (Wildman–Crippen LogP) is 3.76. The van der Waals surface area contributed by atoms with Gasteiger partial charge >= 0.3 is 0 Å². The number of carbonyl (C=O) groups is 1. The molecule has 0 aliphatic carbocycles. The zero-order chi connectivity index (χ0) is 19.3. The normalized spacial score (nSPS) is 17.9. The van der Waals surface area contributed by atoms with Gasteiger partial charge in [-0.25, -0.2) is 14.1 Å². The van der Waals surface area contributed by atoms with Crippen molar-refractivity contribution in [3.05, 3.63) is 71.3 Å². The van der Waals surface area contributed by atoms with Crippen molar-refractivity contribution in [2.24, 2.45) is 5.10 Å². The lowest BCUT2D eigenvalue weighted by atomic mass is 10.0. The molecule has 1 atom stereocenters. The number of halogens is 1. The maximum Gasteiger partial charge on any atom is 0.262 e. The van der Waals surface area contributed by atoms with Crippen molar-refractivity contribution in [2.45, 2.75) is 17.3 Å². The zero-order valence-corrected chi connectivity index (χ0v) is 15.7. The fraction of sp³-hybridized carbons (Fsp3) is 0.150. The number of imidazole rings is 1. The third-order valence-corrected chi connectivity index (χ3v) is 5.74. The van der Waals surface area contributed by atoms with Crippen molar-refractivity contribution in [1.82, 2.24) is 9.66 Å². The second-order valence-electron chi connectivity index (χ2n) is 6.60. The number of benzene rings is 2. The quantitative estimate of drug-likeness (QED) is 0.719.